The van der Waals surface area contributed by atoms with Gasteiger partial charge < -0.3 is 50.2 Å². The molecule has 0 aromatic carbocycles. The smallest absolute Gasteiger partial charge is 0.397 e. The van der Waals surface area contributed by atoms with Crippen molar-refractivity contribution in [3.05, 3.63) is 0 Å². The van der Waals surface area contributed by atoms with Crippen LogP contribution in [0.3, 0.4) is 0 Å². The monoisotopic (exact) mass is 477 g/mol. The summed E-state index contributed by atoms with van der Waals surface area (Å²) in [6, 6.07) is -1.64. The fourth-order valence-electron chi connectivity index (χ4n) is 3.19. The molecule has 2 heterocycles. The van der Waals surface area contributed by atoms with E-state index in [0.29, 0.717) is 0 Å². The molecule has 2 saturated heterocycles. The van der Waals surface area contributed by atoms with Gasteiger partial charge in [-0.2, -0.15) is 8.42 Å². The summed E-state index contributed by atoms with van der Waals surface area (Å²) in [5.74, 6) is -2.52. The zero-order chi connectivity index (χ0) is 23.7. The fraction of sp³-hybridized carbons (Fsp3) is 0.857. The van der Waals surface area contributed by atoms with Crippen molar-refractivity contribution in [3.63, 3.8) is 0 Å². The van der Waals surface area contributed by atoms with Crippen LogP contribution in [-0.2, 0) is 38.4 Å². The molecule has 0 aliphatic carbocycles. The predicted molar refractivity (Wildman–Crippen MR) is 91.2 cm³/mol. The van der Waals surface area contributed by atoms with Crippen LogP contribution in [0.4, 0.5) is 0 Å². The number of carboxylic acid groups (broad SMARTS) is 1. The van der Waals surface area contributed by atoms with Crippen molar-refractivity contribution in [3.8, 4) is 0 Å². The van der Waals surface area contributed by atoms with Gasteiger partial charge in [0.2, 0.25) is 5.91 Å². The Morgan fingerprint density at radius 1 is 1.03 bits per heavy atom. The van der Waals surface area contributed by atoms with Gasteiger partial charge in [0.05, 0.1) is 6.61 Å². The molecule has 2 aliphatic rings. The van der Waals surface area contributed by atoms with E-state index in [0.717, 1.165) is 6.92 Å². The molecule has 17 heteroatoms. The van der Waals surface area contributed by atoms with Crippen molar-refractivity contribution in [2.45, 2.75) is 68.3 Å². The van der Waals surface area contributed by atoms with Crippen molar-refractivity contribution < 1.29 is 71.6 Å². The number of aliphatic hydroxyl groups is 5. The minimum Gasteiger partial charge on any atom is -0.479 e. The fourth-order valence-corrected chi connectivity index (χ4v) is 3.71. The summed E-state index contributed by atoms with van der Waals surface area (Å²) in [6.07, 6.45) is -17.8. The van der Waals surface area contributed by atoms with Gasteiger partial charge in [0.15, 0.2) is 18.7 Å². The Morgan fingerprint density at radius 2 is 1.65 bits per heavy atom. The number of carbonyl (C=O) groups excluding carboxylic acids is 1. The minimum atomic E-state index is -5.22. The Labute approximate surface area is 174 Å². The highest BCUT2D eigenvalue weighted by atomic mass is 32.3. The summed E-state index contributed by atoms with van der Waals surface area (Å²) in [7, 11) is -5.22. The van der Waals surface area contributed by atoms with Crippen LogP contribution in [-0.4, -0.2) is 123 Å². The van der Waals surface area contributed by atoms with Crippen molar-refractivity contribution >= 4 is 22.3 Å². The van der Waals surface area contributed by atoms with Gasteiger partial charge in [-0.3, -0.25) is 9.35 Å². The van der Waals surface area contributed by atoms with Crippen molar-refractivity contribution in [2.24, 2.45) is 0 Å². The van der Waals surface area contributed by atoms with E-state index in [1.807, 2.05) is 0 Å². The molecule has 0 spiro atoms. The molecule has 0 saturated carbocycles. The molecule has 1 amide bonds. The molecule has 2 rings (SSSR count). The van der Waals surface area contributed by atoms with Crippen LogP contribution >= 0.6 is 0 Å². The second-order valence-corrected chi connectivity index (χ2v) is 7.85. The first-order valence-corrected chi connectivity index (χ1v) is 10.1. The maximum Gasteiger partial charge on any atom is 0.397 e. The molecule has 0 radical (unpaired) electrons. The lowest BCUT2D eigenvalue weighted by molar-refractivity contribution is -0.334. The molecular formula is C14H23NO15S. The Balaban J connectivity index is 2.42. The van der Waals surface area contributed by atoms with Crippen LogP contribution in [0, 0.1) is 0 Å². The van der Waals surface area contributed by atoms with Crippen LogP contribution in [0.15, 0.2) is 0 Å². The Morgan fingerprint density at radius 3 is 2.13 bits per heavy atom. The van der Waals surface area contributed by atoms with Gasteiger partial charge in [0.1, 0.15) is 42.7 Å². The number of hydrogen-bond donors (Lipinski definition) is 8. The van der Waals surface area contributed by atoms with Gasteiger partial charge >= 0.3 is 16.4 Å². The summed E-state index contributed by atoms with van der Waals surface area (Å²) in [5, 5.41) is 60.6. The van der Waals surface area contributed by atoms with Crippen LogP contribution in [0.1, 0.15) is 6.92 Å². The van der Waals surface area contributed by atoms with Gasteiger partial charge in [-0.15, -0.1) is 0 Å². The average Bonchev–Trinajstić information content (AvgIpc) is 2.64. The molecule has 180 valence electrons. The summed E-state index contributed by atoms with van der Waals surface area (Å²) in [5.41, 5.74) is 0. The van der Waals surface area contributed by atoms with Gasteiger partial charge in [-0.05, 0) is 0 Å². The minimum absolute atomic E-state index is 0.779. The van der Waals surface area contributed by atoms with Crippen molar-refractivity contribution in [2.75, 3.05) is 6.61 Å². The molecule has 2 fully saturated rings. The topological polar surface area (TPSA) is 259 Å². The van der Waals surface area contributed by atoms with Crippen molar-refractivity contribution in [1.82, 2.24) is 5.32 Å². The van der Waals surface area contributed by atoms with Gasteiger partial charge in [0, 0.05) is 6.92 Å². The number of amides is 1. The van der Waals surface area contributed by atoms with E-state index < -0.39 is 90.2 Å². The third kappa shape index (κ3) is 6.05. The lowest BCUT2D eigenvalue weighted by Gasteiger charge is -2.46. The Hall–Kier alpha value is -1.51. The maximum atomic E-state index is 11.5. The van der Waals surface area contributed by atoms with E-state index in [1.165, 1.54) is 0 Å². The van der Waals surface area contributed by atoms with E-state index in [-0.39, 0.29) is 0 Å². The SMILES string of the molecule is CC(=O)N[C@H]1C(O)O[C@H](CO)[C@@H](OS(=O)(=O)O)[C@@H]1O[C@@H]1O[C@H](C(=O)O)[C@@H](O)[C@H](O)[C@H]1O. The first-order valence-electron chi connectivity index (χ1n) is 8.72. The lowest BCUT2D eigenvalue weighted by atomic mass is 9.95. The summed E-state index contributed by atoms with van der Waals surface area (Å²) < 4.78 is 51.3. The number of nitrogens with one attached hydrogen (secondary N) is 1. The molecule has 1 unspecified atom stereocenters. The molecular weight excluding hydrogens is 454 g/mol. The first-order chi connectivity index (χ1) is 14.3. The summed E-state index contributed by atoms with van der Waals surface area (Å²) in [6.45, 7) is 0.0319. The normalized spacial score (nSPS) is 41.5. The van der Waals surface area contributed by atoms with Crippen LogP contribution in [0.2, 0.25) is 0 Å². The number of ether oxygens (including phenoxy) is 3. The van der Waals surface area contributed by atoms with Gasteiger partial charge in [-0.25, -0.2) is 8.98 Å². The highest BCUT2D eigenvalue weighted by molar-refractivity contribution is 7.80. The summed E-state index contributed by atoms with van der Waals surface area (Å²) in [4.78, 5) is 22.8. The predicted octanol–water partition coefficient (Wildman–Crippen LogP) is -5.33. The molecule has 0 aromatic heterocycles. The molecule has 2 aliphatic heterocycles. The second-order valence-electron chi connectivity index (χ2n) is 6.80. The number of rotatable bonds is 7. The maximum absolute atomic E-state index is 11.5. The number of carboxylic acids is 1. The third-order valence-corrected chi connectivity index (χ3v) is 5.02. The van der Waals surface area contributed by atoms with E-state index in [9.17, 15) is 43.5 Å². The molecule has 10 atom stereocenters. The number of carbonyl (C=O) groups is 2. The Bertz CT molecular complexity index is 761. The van der Waals surface area contributed by atoms with Crippen LogP contribution < -0.4 is 5.32 Å². The molecule has 8 N–H and O–H groups in total. The van der Waals surface area contributed by atoms with E-state index in [1.54, 1.807) is 0 Å². The standard InChI is InChI=1S/C14H23NO15S/c1-3(17)15-5-10(9(30-31(24,25)26)4(2-16)27-13(5)23)28-14-8(20)6(18)7(19)11(29-14)12(21)22/h4-11,13-14,16,18-20,23H,2H2,1H3,(H,15,17)(H,21,22)(H,24,25,26)/t4-,5-,6+,7+,8-,9-,10-,11+,13?,14-/m1/s1. The zero-order valence-electron chi connectivity index (χ0n) is 15.8. The van der Waals surface area contributed by atoms with E-state index in [4.69, 9.17) is 23.9 Å². The number of hydrogen-bond acceptors (Lipinski definition) is 13. The van der Waals surface area contributed by atoms with Crippen LogP contribution in [0.5, 0.6) is 0 Å². The zero-order valence-corrected chi connectivity index (χ0v) is 16.6. The van der Waals surface area contributed by atoms with E-state index in [2.05, 4.69) is 9.50 Å². The highest BCUT2D eigenvalue weighted by Crippen LogP contribution is 2.30. The van der Waals surface area contributed by atoms with Crippen LogP contribution in [0.25, 0.3) is 0 Å². The third-order valence-electron chi connectivity index (χ3n) is 4.55. The highest BCUT2D eigenvalue weighted by Gasteiger charge is 2.53. The molecule has 31 heavy (non-hydrogen) atoms. The van der Waals surface area contributed by atoms with Gasteiger partial charge in [0.25, 0.3) is 0 Å². The van der Waals surface area contributed by atoms with E-state index >= 15 is 0 Å². The molecule has 0 bridgehead atoms. The number of aliphatic carboxylic acids is 1. The first kappa shape index (κ1) is 25.7. The number of aliphatic hydroxyl groups excluding tert-OH is 5. The Kier molecular flexibility index (Phi) is 8.27. The largest absolute Gasteiger partial charge is 0.479 e. The molecule has 0 aromatic rings. The molecule has 16 nitrogen and oxygen atoms in total. The quantitative estimate of drug-likeness (QED) is 0.159. The lowest BCUT2D eigenvalue weighted by Crippen LogP contribution is -2.68. The average molecular weight is 477 g/mol. The summed E-state index contributed by atoms with van der Waals surface area (Å²) >= 11 is 0. The van der Waals surface area contributed by atoms with Gasteiger partial charge in [-0.1, -0.05) is 0 Å². The van der Waals surface area contributed by atoms with Crippen molar-refractivity contribution in [1.29, 1.82) is 0 Å². The second kappa shape index (κ2) is 9.96.